The van der Waals surface area contributed by atoms with Crippen LogP contribution >= 0.6 is 0 Å². The molecular weight excluding hydrogens is 256 g/mol. The van der Waals surface area contributed by atoms with Crippen LogP contribution in [0.15, 0.2) is 22.7 Å². The van der Waals surface area contributed by atoms with Crippen LogP contribution in [0.1, 0.15) is 27.7 Å². The highest BCUT2D eigenvalue weighted by Gasteiger charge is 2.03. The lowest BCUT2D eigenvalue weighted by atomic mass is 10.1. The van der Waals surface area contributed by atoms with E-state index < -0.39 is 0 Å². The van der Waals surface area contributed by atoms with Crippen LogP contribution in [-0.2, 0) is 9.59 Å². The Kier molecular flexibility index (Phi) is 7.05. The largest absolute Gasteiger partial charge is 0.511 e. The van der Waals surface area contributed by atoms with Crippen LogP contribution in [0.3, 0.4) is 0 Å². The fourth-order valence-corrected chi connectivity index (χ4v) is 1.12. The molecule has 0 aliphatic carbocycles. The number of Topliss-reactive ketones (excluding diaryl/α,β-unsaturated/α-hetero) is 2. The highest BCUT2D eigenvalue weighted by atomic mass is 16.3. The Morgan fingerprint density at radius 2 is 0.950 bits per heavy atom. The van der Waals surface area contributed by atoms with Gasteiger partial charge in [-0.25, -0.2) is 0 Å². The van der Waals surface area contributed by atoms with Crippen LogP contribution in [-0.4, -0.2) is 21.8 Å². The van der Waals surface area contributed by atoms with Crippen LogP contribution in [0.2, 0.25) is 0 Å². The van der Waals surface area contributed by atoms with Crippen molar-refractivity contribution in [1.82, 2.24) is 0 Å². The summed E-state index contributed by atoms with van der Waals surface area (Å²) in [4.78, 5) is 22.2. The number of carbonyl (C=O) groups is 2. The van der Waals surface area contributed by atoms with E-state index in [1.54, 1.807) is 0 Å². The molecule has 0 rings (SSSR count). The Hall–Kier alpha value is -2.90. The lowest BCUT2D eigenvalue weighted by molar-refractivity contribution is -0.114. The van der Waals surface area contributed by atoms with E-state index in [-0.39, 0.29) is 34.2 Å². The summed E-state index contributed by atoms with van der Waals surface area (Å²) in [5.41, 5.74) is -0.0226. The molecule has 0 aromatic rings. The molecule has 0 spiro atoms. The monoisotopic (exact) mass is 270 g/mol. The lowest BCUT2D eigenvalue weighted by Crippen LogP contribution is -1.97. The topological polar surface area (TPSA) is 74.6 Å². The molecule has 0 unspecified atom stereocenters. The summed E-state index contributed by atoms with van der Waals surface area (Å²) < 4.78 is 0. The number of carbonyl (C=O) groups excluding carboxylic acids is 2. The standard InChI is InChI=1S/C16H14O4/c1-11(17)15(12(2)18)9-7-5-6-8-10-16(13(3)19)14(4)20/h17,19H,1-4H3/b15-11-,16-13+. The molecule has 0 aliphatic rings. The Morgan fingerprint density at radius 3 is 1.15 bits per heavy atom. The van der Waals surface area contributed by atoms with Gasteiger partial charge in [-0.3, -0.25) is 9.59 Å². The molecule has 0 aromatic heterocycles. The normalized spacial score (nSPS) is 11.2. The molecule has 0 saturated heterocycles. The van der Waals surface area contributed by atoms with Gasteiger partial charge in [-0.2, -0.15) is 0 Å². The Labute approximate surface area is 118 Å². The van der Waals surface area contributed by atoms with Crippen molar-refractivity contribution in [3.63, 3.8) is 0 Å². The third kappa shape index (κ3) is 6.15. The fourth-order valence-electron chi connectivity index (χ4n) is 1.12. The van der Waals surface area contributed by atoms with E-state index in [4.69, 9.17) is 0 Å². The van der Waals surface area contributed by atoms with Crippen molar-refractivity contribution in [3.05, 3.63) is 22.7 Å². The molecule has 2 N–H and O–H groups in total. The number of aliphatic hydroxyl groups excluding tert-OH is 2. The van der Waals surface area contributed by atoms with Gasteiger partial charge in [0.2, 0.25) is 0 Å². The predicted molar refractivity (Wildman–Crippen MR) is 75.3 cm³/mol. The minimum Gasteiger partial charge on any atom is -0.511 e. The van der Waals surface area contributed by atoms with Crippen molar-refractivity contribution < 1.29 is 19.8 Å². The summed E-state index contributed by atoms with van der Waals surface area (Å²) in [5, 5.41) is 18.4. The average molecular weight is 270 g/mol. The SMILES string of the molecule is CC(=O)/C(C#CC#CC#C/C(C(C)=O)=C(/C)O)=C(/C)O. The molecule has 20 heavy (non-hydrogen) atoms. The maximum atomic E-state index is 11.1. The maximum Gasteiger partial charge on any atom is 0.171 e. The first-order chi connectivity index (χ1) is 9.27. The van der Waals surface area contributed by atoms with E-state index >= 15 is 0 Å². The zero-order valence-corrected chi connectivity index (χ0v) is 11.7. The second-order valence-corrected chi connectivity index (χ2v) is 3.78. The summed E-state index contributed by atoms with van der Waals surface area (Å²) in [6.45, 7) is 5.27. The number of hydrogen-bond acceptors (Lipinski definition) is 4. The molecule has 0 radical (unpaired) electrons. The van der Waals surface area contributed by atoms with Crippen molar-refractivity contribution in [2.45, 2.75) is 27.7 Å². The van der Waals surface area contributed by atoms with E-state index in [1.165, 1.54) is 27.7 Å². The quantitative estimate of drug-likeness (QED) is 0.456. The molecule has 0 aromatic carbocycles. The van der Waals surface area contributed by atoms with E-state index in [0.29, 0.717) is 0 Å². The molecule has 0 aliphatic heterocycles. The summed E-state index contributed by atoms with van der Waals surface area (Å²) in [6, 6.07) is 0. The van der Waals surface area contributed by atoms with Gasteiger partial charge in [0.25, 0.3) is 0 Å². The van der Waals surface area contributed by atoms with Gasteiger partial charge in [0.05, 0.1) is 0 Å². The minimum atomic E-state index is -0.358. The second-order valence-electron chi connectivity index (χ2n) is 3.78. The van der Waals surface area contributed by atoms with E-state index in [2.05, 4.69) is 35.5 Å². The first-order valence-corrected chi connectivity index (χ1v) is 5.61. The van der Waals surface area contributed by atoms with Gasteiger partial charge in [-0.1, -0.05) is 0 Å². The zero-order valence-electron chi connectivity index (χ0n) is 11.7. The first kappa shape index (κ1) is 17.1. The number of allylic oxidation sites excluding steroid dienone is 4. The van der Waals surface area contributed by atoms with Gasteiger partial charge in [0, 0.05) is 0 Å². The Balaban J connectivity index is 5.12. The molecule has 0 heterocycles. The van der Waals surface area contributed by atoms with Gasteiger partial charge >= 0.3 is 0 Å². The van der Waals surface area contributed by atoms with Gasteiger partial charge in [-0.05, 0) is 63.2 Å². The van der Waals surface area contributed by atoms with Gasteiger partial charge in [0.1, 0.15) is 22.7 Å². The number of aliphatic hydroxyl groups is 2. The van der Waals surface area contributed by atoms with Crippen LogP contribution in [0.25, 0.3) is 0 Å². The van der Waals surface area contributed by atoms with Crippen LogP contribution < -0.4 is 0 Å². The molecule has 0 saturated carbocycles. The molecule has 0 fully saturated rings. The summed E-state index contributed by atoms with van der Waals surface area (Å²) in [7, 11) is 0. The maximum absolute atomic E-state index is 11.1. The first-order valence-electron chi connectivity index (χ1n) is 5.61. The second kappa shape index (κ2) is 8.25. The number of ketones is 2. The lowest BCUT2D eigenvalue weighted by Gasteiger charge is -1.93. The molecule has 0 bridgehead atoms. The Morgan fingerprint density at radius 1 is 0.650 bits per heavy atom. The third-order valence-corrected chi connectivity index (χ3v) is 1.99. The number of hydrogen-bond donors (Lipinski definition) is 2. The van der Waals surface area contributed by atoms with E-state index in [0.717, 1.165) is 0 Å². The average Bonchev–Trinajstić information content (AvgIpc) is 2.30. The highest BCUT2D eigenvalue weighted by Crippen LogP contribution is 2.00. The number of rotatable bonds is 2. The van der Waals surface area contributed by atoms with Crippen molar-refractivity contribution in [1.29, 1.82) is 0 Å². The fraction of sp³-hybridized carbons (Fsp3) is 0.250. The molecule has 4 heteroatoms. The molecule has 0 atom stereocenters. The van der Waals surface area contributed by atoms with E-state index in [9.17, 15) is 19.8 Å². The van der Waals surface area contributed by atoms with Crippen LogP contribution in [0, 0.1) is 35.5 Å². The molecular formula is C16H14O4. The van der Waals surface area contributed by atoms with Crippen molar-refractivity contribution in [2.24, 2.45) is 0 Å². The molecule has 4 nitrogen and oxygen atoms in total. The summed E-state index contributed by atoms with van der Waals surface area (Å²) >= 11 is 0. The van der Waals surface area contributed by atoms with Crippen molar-refractivity contribution >= 4 is 11.6 Å². The van der Waals surface area contributed by atoms with Crippen molar-refractivity contribution in [3.8, 4) is 35.5 Å². The smallest absolute Gasteiger partial charge is 0.171 e. The van der Waals surface area contributed by atoms with E-state index in [1.807, 2.05) is 0 Å². The summed E-state index contributed by atoms with van der Waals surface area (Å²) in [5.74, 6) is 13.2. The summed E-state index contributed by atoms with van der Waals surface area (Å²) in [6.07, 6.45) is 0. The zero-order chi connectivity index (χ0) is 15.7. The van der Waals surface area contributed by atoms with Crippen molar-refractivity contribution in [2.75, 3.05) is 0 Å². The van der Waals surface area contributed by atoms with Crippen LogP contribution in [0.4, 0.5) is 0 Å². The van der Waals surface area contributed by atoms with Gasteiger partial charge in [-0.15, -0.1) is 0 Å². The molecule has 0 amide bonds. The molecule has 102 valence electrons. The predicted octanol–water partition coefficient (Wildman–Crippen LogP) is 1.84. The van der Waals surface area contributed by atoms with Gasteiger partial charge in [0.15, 0.2) is 11.6 Å². The van der Waals surface area contributed by atoms with Crippen LogP contribution in [0.5, 0.6) is 0 Å². The van der Waals surface area contributed by atoms with Gasteiger partial charge < -0.3 is 10.2 Å². The Bertz CT molecular complexity index is 605. The minimum absolute atomic E-state index is 0.0113. The highest BCUT2D eigenvalue weighted by molar-refractivity contribution is 5.98. The third-order valence-electron chi connectivity index (χ3n) is 1.99.